The smallest absolute Gasteiger partial charge is 0.322 e. The third-order valence-electron chi connectivity index (χ3n) is 7.28. The zero-order valence-electron chi connectivity index (χ0n) is 26.2. The number of fused-ring (bicyclic) bond motifs is 3. The van der Waals surface area contributed by atoms with E-state index in [0.717, 1.165) is 83.5 Å². The highest BCUT2D eigenvalue weighted by atomic mass is 16.2. The van der Waals surface area contributed by atoms with Crippen LogP contribution in [0.15, 0.2) is 48.6 Å². The Hall–Kier alpha value is -2.15. The molecule has 2 amide bonds. The minimum absolute atomic E-state index is 0.0372. The molecule has 1 aromatic rings. The predicted molar refractivity (Wildman–Crippen MR) is 175 cm³/mol. The van der Waals surface area contributed by atoms with Crippen molar-refractivity contribution < 1.29 is 4.79 Å². The Balaban J connectivity index is 0.00000191. The molecule has 3 rings (SSSR count). The lowest BCUT2D eigenvalue weighted by Gasteiger charge is -2.35. The van der Waals surface area contributed by atoms with Crippen molar-refractivity contribution in [3.63, 3.8) is 0 Å². The third kappa shape index (κ3) is 14.5. The van der Waals surface area contributed by atoms with E-state index in [-0.39, 0.29) is 12.1 Å². The van der Waals surface area contributed by atoms with E-state index < -0.39 is 0 Å². The van der Waals surface area contributed by atoms with Crippen molar-refractivity contribution in [2.75, 3.05) is 44.2 Å². The summed E-state index contributed by atoms with van der Waals surface area (Å²) in [6, 6.07) is 8.56. The number of para-hydroxylation sites is 1. The lowest BCUT2D eigenvalue weighted by atomic mass is 9.89. The summed E-state index contributed by atoms with van der Waals surface area (Å²) in [4.78, 5) is 15.3. The monoisotopic (exact) mass is 555 g/mol. The topological polar surface area (TPSA) is 82.4 Å². The number of nitrogens with zero attached hydrogens (tertiary/aromatic N) is 1. The number of benzene rings is 1. The first-order chi connectivity index (χ1) is 19.8. The number of allylic oxidation sites excluding steroid dienone is 3. The second-order valence-corrected chi connectivity index (χ2v) is 10.2. The molecule has 0 fully saturated rings. The molecule has 1 aliphatic carbocycles. The number of amides is 2. The molecule has 0 saturated heterocycles. The van der Waals surface area contributed by atoms with Crippen LogP contribution in [0, 0.1) is 5.92 Å². The molecular weight excluding hydrogens is 494 g/mol. The van der Waals surface area contributed by atoms with E-state index in [9.17, 15) is 4.79 Å². The number of unbranched alkanes of at least 4 members (excludes halogenated alkanes) is 5. The fourth-order valence-corrected chi connectivity index (χ4v) is 5.18. The number of carbonyl (C=O) groups excluding carboxylic acids is 1. The first-order valence-corrected chi connectivity index (χ1v) is 16.4. The second-order valence-electron chi connectivity index (χ2n) is 10.2. The van der Waals surface area contributed by atoms with Crippen molar-refractivity contribution in [1.29, 1.82) is 0 Å². The fourth-order valence-electron chi connectivity index (χ4n) is 5.18. The average Bonchev–Trinajstić information content (AvgIpc) is 3.24. The zero-order chi connectivity index (χ0) is 29.3. The highest BCUT2D eigenvalue weighted by molar-refractivity contribution is 5.94. The Morgan fingerprint density at radius 2 is 1.38 bits per heavy atom. The first kappa shape index (κ1) is 35.9. The van der Waals surface area contributed by atoms with Gasteiger partial charge in [0.15, 0.2) is 0 Å². The van der Waals surface area contributed by atoms with Crippen molar-refractivity contribution in [3.05, 3.63) is 54.1 Å². The maximum Gasteiger partial charge on any atom is 0.322 e. The Kier molecular flexibility index (Phi) is 22.1. The molecule has 2 atom stereocenters. The van der Waals surface area contributed by atoms with Crippen LogP contribution in [-0.2, 0) is 6.42 Å². The molecular formula is C34H61N5O. The number of aryl methyl sites for hydroxylation is 1. The van der Waals surface area contributed by atoms with E-state index in [2.05, 4.69) is 58.5 Å². The molecule has 0 aromatic heterocycles. The summed E-state index contributed by atoms with van der Waals surface area (Å²) in [5, 5.41) is 10.3. The molecule has 0 radical (unpaired) electrons. The van der Waals surface area contributed by atoms with Crippen LogP contribution in [0.4, 0.5) is 10.5 Å². The van der Waals surface area contributed by atoms with Gasteiger partial charge < -0.3 is 21.7 Å². The number of nitrogens with one attached hydrogen (secondary N) is 3. The summed E-state index contributed by atoms with van der Waals surface area (Å²) in [5.74, 6) is 0.519. The number of hydrogen-bond acceptors (Lipinski definition) is 4. The van der Waals surface area contributed by atoms with Gasteiger partial charge in [0, 0.05) is 12.2 Å². The zero-order valence-corrected chi connectivity index (χ0v) is 26.2. The molecule has 1 heterocycles. The number of urea groups is 1. The molecule has 2 unspecified atom stereocenters. The summed E-state index contributed by atoms with van der Waals surface area (Å²) in [6.07, 6.45) is 21.2. The van der Waals surface area contributed by atoms with Crippen molar-refractivity contribution in [1.82, 2.24) is 16.0 Å². The largest absolute Gasteiger partial charge is 0.338 e. The van der Waals surface area contributed by atoms with Crippen LogP contribution in [0.3, 0.4) is 0 Å². The molecule has 1 aromatic carbocycles. The molecule has 2 aliphatic rings. The highest BCUT2D eigenvalue weighted by Gasteiger charge is 2.29. The van der Waals surface area contributed by atoms with Crippen LogP contribution < -0.4 is 26.6 Å². The number of carbonyl (C=O) groups is 1. The van der Waals surface area contributed by atoms with Gasteiger partial charge in [0.05, 0.1) is 6.04 Å². The van der Waals surface area contributed by atoms with Gasteiger partial charge in [-0.1, -0.05) is 83.0 Å². The van der Waals surface area contributed by atoms with Crippen LogP contribution in [-0.4, -0.2) is 51.3 Å². The Bertz CT molecular complexity index is 809. The van der Waals surface area contributed by atoms with Crippen molar-refractivity contribution >= 4 is 11.7 Å². The van der Waals surface area contributed by atoms with Crippen LogP contribution in [0.5, 0.6) is 0 Å². The van der Waals surface area contributed by atoms with E-state index in [1.807, 2.05) is 38.7 Å². The predicted octanol–water partition coefficient (Wildman–Crippen LogP) is 6.96. The van der Waals surface area contributed by atoms with E-state index in [1.165, 1.54) is 37.7 Å². The second kappa shape index (κ2) is 24.6. The normalized spacial score (nSPS) is 17.3. The quantitative estimate of drug-likeness (QED) is 0.166. The number of anilines is 1. The molecule has 0 saturated carbocycles. The molecule has 5 N–H and O–H groups in total. The Labute approximate surface area is 246 Å². The fraction of sp³-hybridized carbons (Fsp3) is 0.676. The van der Waals surface area contributed by atoms with Gasteiger partial charge in [-0.3, -0.25) is 4.90 Å². The molecule has 1 aliphatic heterocycles. The van der Waals surface area contributed by atoms with E-state index in [4.69, 9.17) is 5.73 Å². The van der Waals surface area contributed by atoms with Gasteiger partial charge >= 0.3 is 6.03 Å². The van der Waals surface area contributed by atoms with Crippen LogP contribution in [0.1, 0.15) is 97.5 Å². The standard InChI is InChI=1S/C30H49N5O.2C2H6/c31-19-7-10-21-33-23-12-11-22-32-20-8-1-2-9-24-34-30(36)35-28-15-5-3-13-26(25-28)17-18-27-14-4-6-16-29(27)35;2*1-2/h3-6,13-16,26,28,32-33H,1-2,7-12,17-25,31H2,(H,34,36);2*1-2H3. The molecule has 6 heteroatoms. The lowest BCUT2D eigenvalue weighted by molar-refractivity contribution is 0.243. The van der Waals surface area contributed by atoms with Gasteiger partial charge in [0.2, 0.25) is 0 Å². The van der Waals surface area contributed by atoms with Crippen LogP contribution in [0.2, 0.25) is 0 Å². The SMILES string of the molecule is CC.CC.NCCCCNCCCCNCCCCCCNC(=O)N1c2ccccc2CCC2C=CC=CC1C2. The third-order valence-corrected chi connectivity index (χ3v) is 7.28. The average molecular weight is 556 g/mol. The van der Waals surface area contributed by atoms with Gasteiger partial charge in [-0.15, -0.1) is 0 Å². The maximum absolute atomic E-state index is 13.3. The summed E-state index contributed by atoms with van der Waals surface area (Å²) < 4.78 is 0. The van der Waals surface area contributed by atoms with Crippen LogP contribution in [0.25, 0.3) is 0 Å². The minimum Gasteiger partial charge on any atom is -0.338 e. The van der Waals surface area contributed by atoms with Gasteiger partial charge in [-0.05, 0) is 108 Å². The Morgan fingerprint density at radius 3 is 2.05 bits per heavy atom. The van der Waals surface area contributed by atoms with Gasteiger partial charge in [0.1, 0.15) is 0 Å². The maximum atomic E-state index is 13.3. The Morgan fingerprint density at radius 1 is 0.800 bits per heavy atom. The van der Waals surface area contributed by atoms with Crippen molar-refractivity contribution in [2.24, 2.45) is 11.7 Å². The number of nitrogens with two attached hydrogens (primary N) is 1. The molecule has 0 spiro atoms. The summed E-state index contributed by atoms with van der Waals surface area (Å²) in [7, 11) is 0. The molecule has 228 valence electrons. The summed E-state index contributed by atoms with van der Waals surface area (Å²) >= 11 is 0. The molecule has 2 bridgehead atoms. The van der Waals surface area contributed by atoms with Crippen molar-refractivity contribution in [3.8, 4) is 0 Å². The summed E-state index contributed by atoms with van der Waals surface area (Å²) in [5.41, 5.74) is 7.85. The first-order valence-electron chi connectivity index (χ1n) is 16.4. The van der Waals surface area contributed by atoms with E-state index >= 15 is 0 Å². The number of hydrogen-bond donors (Lipinski definition) is 4. The highest BCUT2D eigenvalue weighted by Crippen LogP contribution is 2.33. The lowest BCUT2D eigenvalue weighted by Crippen LogP contribution is -2.47. The van der Waals surface area contributed by atoms with Gasteiger partial charge in [-0.25, -0.2) is 4.79 Å². The molecule has 6 nitrogen and oxygen atoms in total. The molecule has 40 heavy (non-hydrogen) atoms. The summed E-state index contributed by atoms with van der Waals surface area (Å²) in [6.45, 7) is 13.9. The van der Waals surface area contributed by atoms with Gasteiger partial charge in [-0.2, -0.15) is 0 Å². The number of rotatable bonds is 16. The van der Waals surface area contributed by atoms with Gasteiger partial charge in [0.25, 0.3) is 0 Å². The van der Waals surface area contributed by atoms with E-state index in [0.29, 0.717) is 5.92 Å². The van der Waals surface area contributed by atoms with Crippen LogP contribution >= 0.6 is 0 Å². The van der Waals surface area contributed by atoms with E-state index in [1.54, 1.807) is 0 Å². The minimum atomic E-state index is 0.0372. The van der Waals surface area contributed by atoms with Crippen molar-refractivity contribution in [2.45, 2.75) is 104 Å².